The number of hydrogen-bond acceptors (Lipinski definition) is 2. The summed E-state index contributed by atoms with van der Waals surface area (Å²) in [5.41, 5.74) is 0.418. The van der Waals surface area contributed by atoms with Crippen molar-refractivity contribution < 1.29 is 13.6 Å². The molecule has 2 bridgehead atoms. The van der Waals surface area contributed by atoms with E-state index in [0.29, 0.717) is 30.9 Å². The zero-order valence-electron chi connectivity index (χ0n) is 14.3. The van der Waals surface area contributed by atoms with E-state index in [1.54, 1.807) is 18.2 Å². The summed E-state index contributed by atoms with van der Waals surface area (Å²) in [6, 6.07) is 4.65. The molecule has 4 aliphatic rings. The SMILES string of the molecule is C=CCCC(=O)N1C[C@@H](c2cccc(F)c2F)[C@@H]2[C@H]1C1CCN2CC1. The number of amides is 1. The molecule has 25 heavy (non-hydrogen) atoms. The molecule has 0 aromatic heterocycles. The molecule has 3 atom stereocenters. The summed E-state index contributed by atoms with van der Waals surface area (Å²) in [4.78, 5) is 17.1. The van der Waals surface area contributed by atoms with Crippen molar-refractivity contribution in [3.8, 4) is 0 Å². The number of benzene rings is 1. The van der Waals surface area contributed by atoms with Crippen LogP contribution in [0.3, 0.4) is 0 Å². The zero-order valence-corrected chi connectivity index (χ0v) is 14.3. The van der Waals surface area contributed by atoms with Crippen molar-refractivity contribution in [1.29, 1.82) is 0 Å². The second-order valence-corrected chi connectivity index (χ2v) is 7.48. The Morgan fingerprint density at radius 3 is 2.72 bits per heavy atom. The molecule has 1 aromatic rings. The average Bonchev–Trinajstić information content (AvgIpc) is 3.06. The van der Waals surface area contributed by atoms with Crippen LogP contribution in [0.2, 0.25) is 0 Å². The van der Waals surface area contributed by atoms with Crippen molar-refractivity contribution in [1.82, 2.24) is 9.80 Å². The highest BCUT2D eigenvalue weighted by Gasteiger charge is 2.54. The van der Waals surface area contributed by atoms with Gasteiger partial charge >= 0.3 is 0 Å². The lowest BCUT2D eigenvalue weighted by atomic mass is 9.75. The number of rotatable bonds is 4. The van der Waals surface area contributed by atoms with Gasteiger partial charge in [-0.3, -0.25) is 9.69 Å². The Morgan fingerprint density at radius 2 is 2.00 bits per heavy atom. The van der Waals surface area contributed by atoms with E-state index in [-0.39, 0.29) is 23.9 Å². The molecule has 0 unspecified atom stereocenters. The molecular weight excluding hydrogens is 322 g/mol. The van der Waals surface area contributed by atoms with Gasteiger partial charge in [0.15, 0.2) is 11.6 Å². The van der Waals surface area contributed by atoms with Gasteiger partial charge in [-0.1, -0.05) is 18.2 Å². The van der Waals surface area contributed by atoms with Gasteiger partial charge in [0, 0.05) is 24.9 Å². The summed E-state index contributed by atoms with van der Waals surface area (Å²) in [5, 5.41) is 0. The zero-order chi connectivity index (χ0) is 17.6. The van der Waals surface area contributed by atoms with E-state index < -0.39 is 11.6 Å². The van der Waals surface area contributed by atoms with E-state index in [4.69, 9.17) is 0 Å². The van der Waals surface area contributed by atoms with Crippen molar-refractivity contribution in [3.05, 3.63) is 48.1 Å². The molecular formula is C20H24F2N2O. The topological polar surface area (TPSA) is 23.6 Å². The minimum atomic E-state index is -0.804. The van der Waals surface area contributed by atoms with Crippen LogP contribution in [0.5, 0.6) is 0 Å². The van der Waals surface area contributed by atoms with Crippen LogP contribution in [0.25, 0.3) is 0 Å². The molecule has 5 rings (SSSR count). The van der Waals surface area contributed by atoms with Gasteiger partial charge < -0.3 is 4.90 Å². The van der Waals surface area contributed by atoms with Crippen molar-refractivity contribution in [2.75, 3.05) is 19.6 Å². The number of likely N-dealkylation sites (tertiary alicyclic amines) is 1. The van der Waals surface area contributed by atoms with Crippen molar-refractivity contribution >= 4 is 5.91 Å². The third kappa shape index (κ3) is 2.69. The fraction of sp³-hybridized carbons (Fsp3) is 0.550. The molecule has 4 saturated heterocycles. The summed E-state index contributed by atoms with van der Waals surface area (Å²) in [7, 11) is 0. The number of allylic oxidation sites excluding steroid dienone is 1. The molecule has 0 N–H and O–H groups in total. The molecule has 1 amide bonds. The Labute approximate surface area is 147 Å². The van der Waals surface area contributed by atoms with Crippen molar-refractivity contribution in [2.24, 2.45) is 5.92 Å². The molecule has 134 valence electrons. The number of nitrogens with zero attached hydrogens (tertiary/aromatic N) is 2. The Kier molecular flexibility index (Phi) is 4.36. The summed E-state index contributed by atoms with van der Waals surface area (Å²) in [6.07, 6.45) is 5.03. The number of halogens is 2. The van der Waals surface area contributed by atoms with Gasteiger partial charge in [0.2, 0.25) is 5.91 Å². The molecule has 1 aromatic carbocycles. The first kappa shape index (κ1) is 16.7. The summed E-state index contributed by atoms with van der Waals surface area (Å²) >= 11 is 0. The molecule has 4 aliphatic heterocycles. The van der Waals surface area contributed by atoms with E-state index in [1.165, 1.54) is 0 Å². The minimum Gasteiger partial charge on any atom is -0.337 e. The van der Waals surface area contributed by atoms with E-state index in [1.807, 2.05) is 4.90 Å². The molecule has 0 saturated carbocycles. The van der Waals surface area contributed by atoms with Crippen LogP contribution in [-0.4, -0.2) is 47.4 Å². The number of piperidine rings is 3. The summed E-state index contributed by atoms with van der Waals surface area (Å²) < 4.78 is 28.3. The molecule has 0 spiro atoms. The van der Waals surface area contributed by atoms with Crippen LogP contribution < -0.4 is 0 Å². The molecule has 5 heteroatoms. The van der Waals surface area contributed by atoms with Gasteiger partial charge in [-0.15, -0.1) is 6.58 Å². The van der Waals surface area contributed by atoms with Crippen LogP contribution in [0, 0.1) is 17.6 Å². The first-order valence-corrected chi connectivity index (χ1v) is 9.20. The lowest BCUT2D eigenvalue weighted by Crippen LogP contribution is -2.60. The number of hydrogen-bond donors (Lipinski definition) is 0. The average molecular weight is 346 g/mol. The summed E-state index contributed by atoms with van der Waals surface area (Å²) in [6.45, 7) is 6.17. The molecule has 4 heterocycles. The minimum absolute atomic E-state index is 0.108. The molecule has 4 fully saturated rings. The van der Waals surface area contributed by atoms with Crippen LogP contribution in [0.1, 0.15) is 37.2 Å². The van der Waals surface area contributed by atoms with Crippen molar-refractivity contribution in [2.45, 2.75) is 43.7 Å². The predicted molar refractivity (Wildman–Crippen MR) is 92.1 cm³/mol. The maximum atomic E-state index is 14.5. The normalized spacial score (nSPS) is 33.4. The standard InChI is InChI=1S/C20H24F2N2O/c1-2-3-7-17(25)24-12-15(14-5-4-6-16(21)18(14)22)20-19(24)13-8-10-23(20)11-9-13/h2,4-6,13,15,19-20H,1,3,7-12H2/t15-,19+,20+/m0/s1. The van der Waals surface area contributed by atoms with E-state index in [0.717, 1.165) is 32.0 Å². The van der Waals surface area contributed by atoms with Gasteiger partial charge in [0.25, 0.3) is 0 Å². The third-order valence-electron chi connectivity index (χ3n) is 6.26. The highest BCUT2D eigenvalue weighted by Crippen LogP contribution is 2.47. The smallest absolute Gasteiger partial charge is 0.223 e. The molecule has 3 nitrogen and oxygen atoms in total. The second-order valence-electron chi connectivity index (χ2n) is 7.48. The molecule has 0 radical (unpaired) electrons. The number of carbonyl (C=O) groups is 1. The fourth-order valence-electron chi connectivity index (χ4n) is 5.15. The lowest BCUT2D eigenvalue weighted by molar-refractivity contribution is -0.135. The Bertz CT molecular complexity index is 684. The van der Waals surface area contributed by atoms with Gasteiger partial charge in [-0.05, 0) is 49.9 Å². The largest absolute Gasteiger partial charge is 0.337 e. The highest BCUT2D eigenvalue weighted by atomic mass is 19.2. The van der Waals surface area contributed by atoms with E-state index >= 15 is 0 Å². The van der Waals surface area contributed by atoms with Gasteiger partial charge in [0.1, 0.15) is 0 Å². The number of carbonyl (C=O) groups excluding carboxylic acids is 1. The maximum absolute atomic E-state index is 14.5. The highest BCUT2D eigenvalue weighted by molar-refractivity contribution is 5.77. The predicted octanol–water partition coefficient (Wildman–Crippen LogP) is 3.32. The third-order valence-corrected chi connectivity index (χ3v) is 6.26. The maximum Gasteiger partial charge on any atom is 0.223 e. The van der Waals surface area contributed by atoms with Gasteiger partial charge in [-0.2, -0.15) is 0 Å². The first-order chi connectivity index (χ1) is 12.1. The van der Waals surface area contributed by atoms with Gasteiger partial charge in [-0.25, -0.2) is 8.78 Å². The van der Waals surface area contributed by atoms with Crippen LogP contribution in [-0.2, 0) is 4.79 Å². The van der Waals surface area contributed by atoms with E-state index in [2.05, 4.69) is 11.5 Å². The van der Waals surface area contributed by atoms with E-state index in [9.17, 15) is 13.6 Å². The Hall–Kier alpha value is -1.75. The van der Waals surface area contributed by atoms with Crippen LogP contribution in [0.15, 0.2) is 30.9 Å². The Balaban J connectivity index is 1.69. The molecule has 0 aliphatic carbocycles. The second kappa shape index (κ2) is 6.52. The fourth-order valence-corrected chi connectivity index (χ4v) is 5.15. The Morgan fingerprint density at radius 1 is 1.24 bits per heavy atom. The summed E-state index contributed by atoms with van der Waals surface area (Å²) in [5.74, 6) is -1.13. The number of fused-ring (bicyclic) bond motifs is 2. The van der Waals surface area contributed by atoms with Crippen LogP contribution in [0.4, 0.5) is 8.78 Å². The monoisotopic (exact) mass is 346 g/mol. The first-order valence-electron chi connectivity index (χ1n) is 9.20. The van der Waals surface area contributed by atoms with Crippen molar-refractivity contribution in [3.63, 3.8) is 0 Å². The van der Waals surface area contributed by atoms with Crippen LogP contribution >= 0.6 is 0 Å². The van der Waals surface area contributed by atoms with Gasteiger partial charge in [0.05, 0.1) is 6.04 Å². The lowest BCUT2D eigenvalue weighted by Gasteiger charge is -2.51. The quantitative estimate of drug-likeness (QED) is 0.781.